The van der Waals surface area contributed by atoms with Gasteiger partial charge in [0.2, 0.25) is 10.0 Å². The van der Waals surface area contributed by atoms with E-state index in [1.54, 1.807) is 16.4 Å². The number of benzene rings is 2. The maximum atomic E-state index is 13.1. The van der Waals surface area contributed by atoms with Crippen molar-refractivity contribution in [3.63, 3.8) is 0 Å². The average molecular weight is 377 g/mol. The summed E-state index contributed by atoms with van der Waals surface area (Å²) in [5.74, 6) is 0.836. The monoisotopic (exact) mass is 377 g/mol. The smallest absolute Gasteiger partial charge is 0.247 e. The normalized spacial score (nSPS) is 16.4. The van der Waals surface area contributed by atoms with E-state index < -0.39 is 10.0 Å². The van der Waals surface area contributed by atoms with Gasteiger partial charge in [-0.3, -0.25) is 0 Å². The average Bonchev–Trinajstić information content (AvgIpc) is 2.68. The van der Waals surface area contributed by atoms with Crippen molar-refractivity contribution in [3.05, 3.63) is 54.1 Å². The molecule has 7 heteroatoms. The number of nitrogens with zero attached hydrogens (tertiary/aromatic N) is 1. The molecule has 0 aliphatic carbocycles. The van der Waals surface area contributed by atoms with Crippen LogP contribution in [0.1, 0.15) is 5.56 Å². The first-order valence-corrected chi connectivity index (χ1v) is 10.1. The third kappa shape index (κ3) is 4.00. The second kappa shape index (κ2) is 8.07. The standard InChI is InChI=1S/C19H24N2O4S/c1-24-17-8-9-18(25-2)19(14-17)26(22,23)21-12-10-20(11-13-21)15-16-6-4-3-5-7-16/h3-9,14H,10-13,15H2,1-2H3/p+1. The molecule has 0 spiro atoms. The van der Waals surface area contributed by atoms with Gasteiger partial charge in [-0.05, 0) is 12.1 Å². The van der Waals surface area contributed by atoms with Gasteiger partial charge in [0.15, 0.2) is 0 Å². The van der Waals surface area contributed by atoms with Crippen LogP contribution in [0.4, 0.5) is 0 Å². The lowest BCUT2D eigenvalue weighted by Gasteiger charge is -2.31. The van der Waals surface area contributed by atoms with Crippen LogP contribution in [-0.2, 0) is 16.6 Å². The quantitative estimate of drug-likeness (QED) is 0.809. The molecular formula is C19H25N2O4S+. The lowest BCUT2D eigenvalue weighted by Crippen LogP contribution is -3.13. The summed E-state index contributed by atoms with van der Waals surface area (Å²) in [6.45, 7) is 3.45. The zero-order valence-corrected chi connectivity index (χ0v) is 16.0. The van der Waals surface area contributed by atoms with Crippen molar-refractivity contribution < 1.29 is 22.8 Å². The van der Waals surface area contributed by atoms with Gasteiger partial charge in [-0.25, -0.2) is 8.42 Å². The summed E-state index contributed by atoms with van der Waals surface area (Å²) in [6.07, 6.45) is 0. The van der Waals surface area contributed by atoms with E-state index in [-0.39, 0.29) is 4.90 Å². The Labute approximate surface area is 155 Å². The van der Waals surface area contributed by atoms with Crippen LogP contribution >= 0.6 is 0 Å². The highest BCUT2D eigenvalue weighted by Gasteiger charge is 2.32. The lowest BCUT2D eigenvalue weighted by molar-refractivity contribution is -0.917. The van der Waals surface area contributed by atoms with Gasteiger partial charge < -0.3 is 14.4 Å². The fourth-order valence-corrected chi connectivity index (χ4v) is 4.84. The molecule has 1 N–H and O–H groups in total. The maximum Gasteiger partial charge on any atom is 0.247 e. The van der Waals surface area contributed by atoms with E-state index in [1.165, 1.54) is 30.7 Å². The molecule has 6 nitrogen and oxygen atoms in total. The van der Waals surface area contributed by atoms with Gasteiger partial charge in [-0.1, -0.05) is 30.3 Å². The molecule has 140 valence electrons. The van der Waals surface area contributed by atoms with E-state index in [0.717, 1.165) is 19.6 Å². The molecule has 0 bridgehead atoms. The van der Waals surface area contributed by atoms with E-state index in [0.29, 0.717) is 24.6 Å². The molecule has 1 heterocycles. The van der Waals surface area contributed by atoms with E-state index in [4.69, 9.17) is 9.47 Å². The Balaban J connectivity index is 1.72. The van der Waals surface area contributed by atoms with Crippen LogP contribution in [0.3, 0.4) is 0 Å². The number of piperazine rings is 1. The Morgan fingerprint density at radius 1 is 1.00 bits per heavy atom. The minimum atomic E-state index is -3.62. The number of quaternary nitrogens is 1. The Hall–Kier alpha value is -2.09. The Kier molecular flexibility index (Phi) is 5.80. The molecule has 1 saturated heterocycles. The minimum absolute atomic E-state index is 0.158. The largest absolute Gasteiger partial charge is 0.497 e. The van der Waals surface area contributed by atoms with E-state index >= 15 is 0 Å². The number of rotatable bonds is 6. The first-order chi connectivity index (χ1) is 12.5. The summed E-state index contributed by atoms with van der Waals surface area (Å²) < 4.78 is 38.1. The molecule has 0 radical (unpaired) electrons. The fourth-order valence-electron chi connectivity index (χ4n) is 3.23. The first kappa shape index (κ1) is 18.7. The second-order valence-electron chi connectivity index (χ2n) is 6.33. The second-order valence-corrected chi connectivity index (χ2v) is 8.24. The van der Waals surface area contributed by atoms with Crippen LogP contribution in [0.2, 0.25) is 0 Å². The third-order valence-electron chi connectivity index (χ3n) is 4.72. The van der Waals surface area contributed by atoms with Crippen LogP contribution in [0, 0.1) is 0 Å². The van der Waals surface area contributed by atoms with Gasteiger partial charge in [0.25, 0.3) is 0 Å². The van der Waals surface area contributed by atoms with E-state index in [9.17, 15) is 8.42 Å². The molecule has 1 aliphatic heterocycles. The van der Waals surface area contributed by atoms with Crippen LogP contribution in [-0.4, -0.2) is 53.1 Å². The van der Waals surface area contributed by atoms with Crippen molar-refractivity contribution in [2.45, 2.75) is 11.4 Å². The molecule has 0 amide bonds. The van der Waals surface area contributed by atoms with Gasteiger partial charge in [-0.15, -0.1) is 0 Å². The SMILES string of the molecule is COc1ccc(OC)c(S(=O)(=O)N2CC[NH+](Cc3ccccc3)CC2)c1. The number of nitrogens with one attached hydrogen (secondary N) is 1. The molecule has 0 aromatic heterocycles. The van der Waals surface area contributed by atoms with Gasteiger partial charge in [0, 0.05) is 11.6 Å². The predicted octanol–water partition coefficient (Wildman–Crippen LogP) is 0.793. The highest BCUT2D eigenvalue weighted by atomic mass is 32.2. The summed E-state index contributed by atoms with van der Waals surface area (Å²) >= 11 is 0. The minimum Gasteiger partial charge on any atom is -0.497 e. The molecular weight excluding hydrogens is 352 g/mol. The molecule has 0 atom stereocenters. The summed E-state index contributed by atoms with van der Waals surface area (Å²) in [5.41, 5.74) is 1.27. The van der Waals surface area contributed by atoms with Crippen LogP contribution in [0.25, 0.3) is 0 Å². The summed E-state index contributed by atoms with van der Waals surface area (Å²) in [6, 6.07) is 15.1. The first-order valence-electron chi connectivity index (χ1n) is 8.64. The molecule has 1 aliphatic rings. The predicted molar refractivity (Wildman–Crippen MR) is 99.1 cm³/mol. The molecule has 2 aromatic carbocycles. The maximum absolute atomic E-state index is 13.1. The summed E-state index contributed by atoms with van der Waals surface area (Å²) in [4.78, 5) is 1.55. The van der Waals surface area contributed by atoms with Gasteiger partial charge in [0.05, 0.1) is 40.4 Å². The number of ether oxygens (including phenoxy) is 2. The molecule has 1 fully saturated rings. The zero-order valence-electron chi connectivity index (χ0n) is 15.1. The van der Waals surface area contributed by atoms with E-state index in [2.05, 4.69) is 12.1 Å². The van der Waals surface area contributed by atoms with Gasteiger partial charge in [0.1, 0.15) is 22.9 Å². The van der Waals surface area contributed by atoms with Crippen molar-refractivity contribution in [1.29, 1.82) is 0 Å². The van der Waals surface area contributed by atoms with Crippen molar-refractivity contribution in [2.75, 3.05) is 40.4 Å². The fraction of sp³-hybridized carbons (Fsp3) is 0.368. The van der Waals surface area contributed by atoms with Crippen molar-refractivity contribution in [2.24, 2.45) is 0 Å². The molecule has 0 unspecified atom stereocenters. The molecule has 0 saturated carbocycles. The third-order valence-corrected chi connectivity index (χ3v) is 6.63. The Morgan fingerprint density at radius 2 is 1.69 bits per heavy atom. The molecule has 2 aromatic rings. The van der Waals surface area contributed by atoms with Crippen LogP contribution in [0.15, 0.2) is 53.4 Å². The van der Waals surface area contributed by atoms with Crippen LogP contribution < -0.4 is 14.4 Å². The highest BCUT2D eigenvalue weighted by molar-refractivity contribution is 7.89. The number of methoxy groups -OCH3 is 2. The Morgan fingerprint density at radius 3 is 2.31 bits per heavy atom. The molecule has 26 heavy (non-hydrogen) atoms. The summed E-state index contributed by atoms with van der Waals surface area (Å²) in [5, 5.41) is 0. The lowest BCUT2D eigenvalue weighted by atomic mass is 10.2. The highest BCUT2D eigenvalue weighted by Crippen LogP contribution is 2.30. The van der Waals surface area contributed by atoms with E-state index in [1.807, 2.05) is 18.2 Å². The zero-order chi connectivity index (χ0) is 18.6. The number of hydrogen-bond acceptors (Lipinski definition) is 4. The number of hydrogen-bond donors (Lipinski definition) is 1. The van der Waals surface area contributed by atoms with Crippen molar-refractivity contribution in [3.8, 4) is 11.5 Å². The van der Waals surface area contributed by atoms with Gasteiger partial charge >= 0.3 is 0 Å². The van der Waals surface area contributed by atoms with Gasteiger partial charge in [-0.2, -0.15) is 4.31 Å². The molecule has 3 rings (SSSR count). The number of sulfonamides is 1. The van der Waals surface area contributed by atoms with Crippen LogP contribution in [0.5, 0.6) is 11.5 Å². The van der Waals surface area contributed by atoms with Crippen molar-refractivity contribution in [1.82, 2.24) is 4.31 Å². The van der Waals surface area contributed by atoms with Crippen molar-refractivity contribution >= 4 is 10.0 Å². The summed E-state index contributed by atoms with van der Waals surface area (Å²) in [7, 11) is -0.626. The topological polar surface area (TPSA) is 60.3 Å². The Bertz CT molecular complexity index is 832.